The van der Waals surface area contributed by atoms with E-state index in [4.69, 9.17) is 0 Å². The second kappa shape index (κ2) is 6.33. The normalized spacial score (nSPS) is 11.8. The fraction of sp³-hybridized carbons (Fsp3) is 0.100. The molecule has 25 heavy (non-hydrogen) atoms. The zero-order chi connectivity index (χ0) is 17.4. The Labute approximate surface area is 153 Å². The molecule has 0 unspecified atom stereocenters. The van der Waals surface area contributed by atoms with Crippen LogP contribution in [0.2, 0.25) is 0 Å². The highest BCUT2D eigenvalue weighted by Gasteiger charge is 2.10. The van der Waals surface area contributed by atoms with E-state index in [1.165, 1.54) is 0 Å². The second-order valence-electron chi connectivity index (χ2n) is 5.74. The van der Waals surface area contributed by atoms with Crippen molar-refractivity contribution in [1.82, 2.24) is 9.55 Å². The molecule has 5 heteroatoms. The third-order valence-corrected chi connectivity index (χ3v) is 4.92. The summed E-state index contributed by atoms with van der Waals surface area (Å²) in [4.78, 5) is 9.12. The molecule has 0 atom stereocenters. The van der Waals surface area contributed by atoms with E-state index in [2.05, 4.69) is 37.4 Å². The van der Waals surface area contributed by atoms with Crippen molar-refractivity contribution in [3.63, 3.8) is 0 Å². The van der Waals surface area contributed by atoms with Gasteiger partial charge in [0.1, 0.15) is 5.75 Å². The predicted octanol–water partition coefficient (Wildman–Crippen LogP) is 5.43. The van der Waals surface area contributed by atoms with E-state index in [9.17, 15) is 5.11 Å². The Hall–Kier alpha value is -2.66. The predicted molar refractivity (Wildman–Crippen MR) is 106 cm³/mol. The van der Waals surface area contributed by atoms with Crippen LogP contribution in [0.3, 0.4) is 0 Å². The molecule has 0 saturated heterocycles. The van der Waals surface area contributed by atoms with Gasteiger partial charge in [0.05, 0.1) is 11.0 Å². The van der Waals surface area contributed by atoms with Crippen molar-refractivity contribution in [2.24, 2.45) is 4.99 Å². The number of halogens is 1. The van der Waals surface area contributed by atoms with Crippen LogP contribution < -0.4 is 0 Å². The number of rotatable bonds is 3. The van der Waals surface area contributed by atoms with Crippen LogP contribution in [0.5, 0.6) is 5.75 Å². The summed E-state index contributed by atoms with van der Waals surface area (Å²) in [5, 5.41) is 12.3. The van der Waals surface area contributed by atoms with E-state index < -0.39 is 0 Å². The molecule has 124 valence electrons. The Bertz CT molecular complexity index is 1110. The number of aliphatic imine (C=N–C) groups is 1. The summed E-state index contributed by atoms with van der Waals surface area (Å²) in [5.74, 6) is 0.856. The number of nitrogens with zero attached hydrogens (tertiary/aromatic N) is 3. The lowest BCUT2D eigenvalue weighted by Crippen LogP contribution is -1.93. The molecule has 4 nitrogen and oxygen atoms in total. The van der Waals surface area contributed by atoms with Crippen LogP contribution in [-0.2, 0) is 6.54 Å². The average molecular weight is 394 g/mol. The second-order valence-corrected chi connectivity index (χ2v) is 6.60. The molecule has 0 saturated carbocycles. The van der Waals surface area contributed by atoms with Crippen LogP contribution in [0.4, 0.5) is 5.95 Å². The van der Waals surface area contributed by atoms with Crippen LogP contribution in [0, 0.1) is 0 Å². The van der Waals surface area contributed by atoms with E-state index in [1.807, 2.05) is 54.6 Å². The number of para-hydroxylation sites is 2. The molecule has 0 fully saturated rings. The fourth-order valence-electron chi connectivity index (χ4n) is 3.03. The number of aromatic hydroxyl groups is 1. The number of benzene rings is 3. The number of aromatic nitrogens is 2. The number of imidazole rings is 1. The molecule has 1 aromatic heterocycles. The molecular formula is C20H16BrN3O. The maximum atomic E-state index is 10.6. The number of fused-ring (bicyclic) bond motifs is 2. The fourth-order valence-corrected chi connectivity index (χ4v) is 3.63. The van der Waals surface area contributed by atoms with Crippen LogP contribution in [-0.4, -0.2) is 20.9 Å². The van der Waals surface area contributed by atoms with Crippen molar-refractivity contribution in [3.8, 4) is 5.75 Å². The zero-order valence-corrected chi connectivity index (χ0v) is 15.2. The highest BCUT2D eigenvalue weighted by atomic mass is 79.9. The molecule has 4 aromatic rings. The Morgan fingerprint density at radius 3 is 2.64 bits per heavy atom. The van der Waals surface area contributed by atoms with Crippen LogP contribution >= 0.6 is 15.9 Å². The molecule has 0 aliphatic heterocycles. The van der Waals surface area contributed by atoms with Crippen molar-refractivity contribution in [3.05, 3.63) is 64.6 Å². The summed E-state index contributed by atoms with van der Waals surface area (Å²) >= 11 is 3.57. The van der Waals surface area contributed by atoms with Gasteiger partial charge in [-0.15, -0.1) is 0 Å². The summed E-state index contributed by atoms with van der Waals surface area (Å²) in [7, 11) is 0. The first kappa shape index (κ1) is 15.8. The van der Waals surface area contributed by atoms with Crippen molar-refractivity contribution >= 4 is 49.9 Å². The van der Waals surface area contributed by atoms with Crippen molar-refractivity contribution in [2.75, 3.05) is 0 Å². The summed E-state index contributed by atoms with van der Waals surface area (Å²) in [5.41, 5.74) is 2.63. The van der Waals surface area contributed by atoms with E-state index in [1.54, 1.807) is 6.21 Å². The van der Waals surface area contributed by atoms with Crippen LogP contribution in [0.25, 0.3) is 21.8 Å². The minimum atomic E-state index is 0.224. The molecule has 3 aromatic carbocycles. The molecule has 1 heterocycles. The molecule has 0 bridgehead atoms. The Morgan fingerprint density at radius 1 is 1.12 bits per heavy atom. The monoisotopic (exact) mass is 393 g/mol. The highest BCUT2D eigenvalue weighted by molar-refractivity contribution is 9.10. The van der Waals surface area contributed by atoms with E-state index >= 15 is 0 Å². The molecule has 0 aliphatic carbocycles. The first-order valence-electron chi connectivity index (χ1n) is 8.08. The van der Waals surface area contributed by atoms with Gasteiger partial charge in [0.2, 0.25) is 5.95 Å². The number of phenols is 1. The minimum Gasteiger partial charge on any atom is -0.507 e. The van der Waals surface area contributed by atoms with E-state index in [0.29, 0.717) is 11.5 Å². The Morgan fingerprint density at radius 2 is 1.84 bits per heavy atom. The number of aryl methyl sites for hydroxylation is 1. The zero-order valence-electron chi connectivity index (χ0n) is 13.6. The summed E-state index contributed by atoms with van der Waals surface area (Å²) in [6.07, 6.45) is 1.67. The SMILES string of the molecule is CCn1c(/N=C/c2cc(Br)c3ccccc3c2O)nc2ccccc21. The lowest BCUT2D eigenvalue weighted by Gasteiger charge is -2.07. The summed E-state index contributed by atoms with van der Waals surface area (Å²) in [6.45, 7) is 2.85. The quantitative estimate of drug-likeness (QED) is 0.471. The first-order chi connectivity index (χ1) is 12.2. The van der Waals surface area contributed by atoms with Crippen molar-refractivity contribution < 1.29 is 5.11 Å². The van der Waals surface area contributed by atoms with Crippen molar-refractivity contribution in [2.45, 2.75) is 13.5 Å². The minimum absolute atomic E-state index is 0.224. The first-order valence-corrected chi connectivity index (χ1v) is 8.88. The van der Waals surface area contributed by atoms with Gasteiger partial charge in [0, 0.05) is 28.2 Å². The maximum Gasteiger partial charge on any atom is 0.230 e. The van der Waals surface area contributed by atoms with Gasteiger partial charge >= 0.3 is 0 Å². The largest absolute Gasteiger partial charge is 0.507 e. The lowest BCUT2D eigenvalue weighted by atomic mass is 10.1. The van der Waals surface area contributed by atoms with Gasteiger partial charge in [-0.25, -0.2) is 9.98 Å². The molecular weight excluding hydrogens is 378 g/mol. The van der Waals surface area contributed by atoms with E-state index in [0.717, 1.165) is 32.8 Å². The highest BCUT2D eigenvalue weighted by Crippen LogP contribution is 2.34. The lowest BCUT2D eigenvalue weighted by molar-refractivity contribution is 0.481. The van der Waals surface area contributed by atoms with Gasteiger partial charge in [0.25, 0.3) is 0 Å². The molecule has 1 N–H and O–H groups in total. The maximum absolute atomic E-state index is 10.6. The van der Waals surface area contributed by atoms with Gasteiger partial charge in [-0.2, -0.15) is 0 Å². The van der Waals surface area contributed by atoms with E-state index in [-0.39, 0.29) is 5.75 Å². The van der Waals surface area contributed by atoms with Gasteiger partial charge in [0.15, 0.2) is 0 Å². The number of hydrogen-bond acceptors (Lipinski definition) is 3. The molecule has 0 aliphatic rings. The molecule has 0 amide bonds. The van der Waals surface area contributed by atoms with Gasteiger partial charge < -0.3 is 9.67 Å². The van der Waals surface area contributed by atoms with Crippen LogP contribution in [0.1, 0.15) is 12.5 Å². The molecule has 0 radical (unpaired) electrons. The third-order valence-electron chi connectivity index (χ3n) is 4.26. The number of phenolic OH excluding ortho intramolecular Hbond substituents is 1. The third kappa shape index (κ3) is 2.70. The Balaban J connectivity index is 1.83. The van der Waals surface area contributed by atoms with Gasteiger partial charge in [-0.1, -0.05) is 52.3 Å². The van der Waals surface area contributed by atoms with Gasteiger partial charge in [-0.3, -0.25) is 0 Å². The molecule has 0 spiro atoms. The smallest absolute Gasteiger partial charge is 0.230 e. The number of hydrogen-bond donors (Lipinski definition) is 1. The van der Waals surface area contributed by atoms with Crippen LogP contribution in [0.15, 0.2) is 64.1 Å². The topological polar surface area (TPSA) is 50.4 Å². The summed E-state index contributed by atoms with van der Waals surface area (Å²) in [6, 6.07) is 17.6. The summed E-state index contributed by atoms with van der Waals surface area (Å²) < 4.78 is 2.98. The standard InChI is InChI=1S/C20H16BrN3O/c1-2-24-18-10-6-5-9-17(18)23-20(24)22-12-13-11-16(21)14-7-3-4-8-15(14)19(13)25/h3-12,25H,2H2,1H3/b22-12+. The average Bonchev–Trinajstić information content (AvgIpc) is 3.01. The molecule has 4 rings (SSSR count). The Kier molecular flexibility index (Phi) is 4.01. The van der Waals surface area contributed by atoms with Gasteiger partial charge in [-0.05, 0) is 30.5 Å². The van der Waals surface area contributed by atoms with Crippen molar-refractivity contribution in [1.29, 1.82) is 0 Å².